The van der Waals surface area contributed by atoms with Gasteiger partial charge in [0.05, 0.1) is 0 Å². The Morgan fingerprint density at radius 3 is 2.09 bits per heavy atom. The third-order valence-corrected chi connectivity index (χ3v) is 2.20. The van der Waals surface area contributed by atoms with E-state index < -0.39 is 0 Å². The lowest BCUT2D eigenvalue weighted by molar-refractivity contribution is 0.301. The Bertz CT molecular complexity index is 78.1. The summed E-state index contributed by atoms with van der Waals surface area (Å²) in [5, 5.41) is 0. The van der Waals surface area contributed by atoms with Gasteiger partial charge in [-0.05, 0) is 26.9 Å². The molecule has 1 nitrogen and oxygen atoms in total. The smallest absolute Gasteiger partial charge is 0.0379 e. The average molecular weight is 221 g/mol. The first-order valence-electron chi connectivity index (χ1n) is 3.50. The SMILES string of the molecule is CN(C)[C@H](CCl)CCCCl.Cl. The van der Waals surface area contributed by atoms with E-state index in [0.29, 0.717) is 11.9 Å². The zero-order valence-electron chi connectivity index (χ0n) is 7.02. The molecule has 0 heterocycles. The molecule has 0 aromatic heterocycles. The summed E-state index contributed by atoms with van der Waals surface area (Å²) >= 11 is 11.3. The highest BCUT2D eigenvalue weighted by Crippen LogP contribution is 2.05. The Kier molecular flexibility index (Phi) is 11.6. The van der Waals surface area contributed by atoms with Crippen LogP contribution in [0.4, 0.5) is 0 Å². The highest BCUT2D eigenvalue weighted by molar-refractivity contribution is 6.18. The maximum atomic E-state index is 5.71. The van der Waals surface area contributed by atoms with Crippen LogP contribution >= 0.6 is 35.6 Å². The van der Waals surface area contributed by atoms with E-state index in [0.717, 1.165) is 18.7 Å². The van der Waals surface area contributed by atoms with Crippen LogP contribution in [0, 0.1) is 0 Å². The molecule has 0 saturated heterocycles. The van der Waals surface area contributed by atoms with Crippen LogP contribution in [-0.2, 0) is 0 Å². The summed E-state index contributed by atoms with van der Waals surface area (Å²) in [6.07, 6.45) is 2.15. The maximum absolute atomic E-state index is 5.71. The molecule has 0 fully saturated rings. The van der Waals surface area contributed by atoms with Gasteiger partial charge in [0.1, 0.15) is 0 Å². The first-order valence-corrected chi connectivity index (χ1v) is 4.57. The van der Waals surface area contributed by atoms with E-state index >= 15 is 0 Å². The number of rotatable bonds is 5. The molecule has 1 atom stereocenters. The average Bonchev–Trinajstić information content (AvgIpc) is 1.89. The van der Waals surface area contributed by atoms with E-state index in [-0.39, 0.29) is 12.4 Å². The molecule has 0 aliphatic heterocycles. The molecular weight excluding hydrogens is 204 g/mol. The molecule has 4 heteroatoms. The molecule has 0 N–H and O–H groups in total. The van der Waals surface area contributed by atoms with Gasteiger partial charge in [0.2, 0.25) is 0 Å². The normalized spacial score (nSPS) is 12.8. The van der Waals surface area contributed by atoms with Crippen LogP contribution < -0.4 is 0 Å². The fraction of sp³-hybridized carbons (Fsp3) is 1.00. The zero-order chi connectivity index (χ0) is 7.98. The first-order chi connectivity index (χ1) is 4.72. The fourth-order valence-corrected chi connectivity index (χ4v) is 1.37. The lowest BCUT2D eigenvalue weighted by Gasteiger charge is -2.20. The summed E-state index contributed by atoms with van der Waals surface area (Å²) in [6.45, 7) is 0. The Balaban J connectivity index is 0. The number of nitrogens with zero attached hydrogens (tertiary/aromatic N) is 1. The van der Waals surface area contributed by atoms with Crippen molar-refractivity contribution in [3.8, 4) is 0 Å². The van der Waals surface area contributed by atoms with Crippen LogP contribution in [0.2, 0.25) is 0 Å². The minimum absolute atomic E-state index is 0. The number of hydrogen-bond acceptors (Lipinski definition) is 1. The van der Waals surface area contributed by atoms with Gasteiger partial charge in [0, 0.05) is 17.8 Å². The second-order valence-corrected chi connectivity index (χ2v) is 3.29. The van der Waals surface area contributed by atoms with Gasteiger partial charge in [-0.25, -0.2) is 0 Å². The van der Waals surface area contributed by atoms with E-state index in [1.165, 1.54) is 0 Å². The van der Waals surface area contributed by atoms with Gasteiger partial charge in [0.25, 0.3) is 0 Å². The van der Waals surface area contributed by atoms with E-state index in [1.54, 1.807) is 0 Å². The van der Waals surface area contributed by atoms with Crippen LogP contribution in [0.5, 0.6) is 0 Å². The van der Waals surface area contributed by atoms with Crippen molar-refractivity contribution in [2.45, 2.75) is 18.9 Å². The van der Waals surface area contributed by atoms with Gasteiger partial charge >= 0.3 is 0 Å². The summed E-state index contributed by atoms with van der Waals surface area (Å²) < 4.78 is 0. The van der Waals surface area contributed by atoms with Gasteiger partial charge in [0.15, 0.2) is 0 Å². The zero-order valence-corrected chi connectivity index (χ0v) is 9.35. The highest BCUT2D eigenvalue weighted by atomic mass is 35.5. The third-order valence-electron chi connectivity index (χ3n) is 1.58. The molecule has 0 aromatic carbocycles. The summed E-state index contributed by atoms with van der Waals surface area (Å²) in [4.78, 5) is 2.14. The number of hydrogen-bond donors (Lipinski definition) is 0. The third kappa shape index (κ3) is 7.20. The molecule has 0 bridgehead atoms. The van der Waals surface area contributed by atoms with Crippen molar-refractivity contribution in [1.29, 1.82) is 0 Å². The van der Waals surface area contributed by atoms with Crippen molar-refractivity contribution in [3.63, 3.8) is 0 Å². The van der Waals surface area contributed by atoms with Crippen LogP contribution in [0.25, 0.3) is 0 Å². The molecule has 70 valence electrons. The Morgan fingerprint density at radius 1 is 1.27 bits per heavy atom. The van der Waals surface area contributed by atoms with Crippen LogP contribution in [0.1, 0.15) is 12.8 Å². The Labute approximate surface area is 85.4 Å². The summed E-state index contributed by atoms with van der Waals surface area (Å²) in [5.74, 6) is 1.44. The van der Waals surface area contributed by atoms with Crippen molar-refractivity contribution in [2.75, 3.05) is 25.9 Å². The quantitative estimate of drug-likeness (QED) is 0.644. The van der Waals surface area contributed by atoms with Crippen molar-refractivity contribution < 1.29 is 0 Å². The van der Waals surface area contributed by atoms with E-state index in [9.17, 15) is 0 Å². The molecule has 0 saturated carbocycles. The second kappa shape index (κ2) is 8.92. The van der Waals surface area contributed by atoms with E-state index in [4.69, 9.17) is 23.2 Å². The summed E-state index contributed by atoms with van der Waals surface area (Å²) in [6, 6.07) is 0.486. The largest absolute Gasteiger partial charge is 0.305 e. The van der Waals surface area contributed by atoms with Gasteiger partial charge < -0.3 is 4.90 Å². The predicted octanol–water partition coefficient (Wildman–Crippen LogP) is 2.60. The minimum atomic E-state index is 0. The molecule has 0 aliphatic rings. The van der Waals surface area contributed by atoms with Gasteiger partial charge in [-0.1, -0.05) is 0 Å². The Hall–Kier alpha value is 0.830. The minimum Gasteiger partial charge on any atom is -0.305 e. The van der Waals surface area contributed by atoms with Crippen molar-refractivity contribution in [2.24, 2.45) is 0 Å². The predicted molar refractivity (Wildman–Crippen MR) is 55.4 cm³/mol. The van der Waals surface area contributed by atoms with Crippen LogP contribution in [-0.4, -0.2) is 36.8 Å². The molecule has 0 unspecified atom stereocenters. The second-order valence-electron chi connectivity index (χ2n) is 2.60. The molecule has 0 amide bonds. The molecule has 0 radical (unpaired) electrons. The van der Waals surface area contributed by atoms with Crippen molar-refractivity contribution >= 4 is 35.6 Å². The number of halogens is 3. The maximum Gasteiger partial charge on any atom is 0.0379 e. The monoisotopic (exact) mass is 219 g/mol. The lowest BCUT2D eigenvalue weighted by Crippen LogP contribution is -2.29. The summed E-state index contributed by atoms with van der Waals surface area (Å²) in [7, 11) is 4.09. The van der Waals surface area contributed by atoms with E-state index in [2.05, 4.69) is 4.90 Å². The standard InChI is InChI=1S/C7H15Cl2N.ClH/c1-10(2)7(6-9)4-3-5-8;/h7H,3-6H2,1-2H3;1H/t7-;/m0./s1. The van der Waals surface area contributed by atoms with Crippen LogP contribution in [0.3, 0.4) is 0 Å². The van der Waals surface area contributed by atoms with Crippen molar-refractivity contribution in [1.82, 2.24) is 4.90 Å². The van der Waals surface area contributed by atoms with Gasteiger partial charge in [-0.15, -0.1) is 35.6 Å². The molecule has 0 rings (SSSR count). The van der Waals surface area contributed by atoms with Crippen LogP contribution in [0.15, 0.2) is 0 Å². The lowest BCUT2D eigenvalue weighted by atomic mass is 10.2. The fourth-order valence-electron chi connectivity index (χ4n) is 0.786. The topological polar surface area (TPSA) is 3.24 Å². The molecule has 0 spiro atoms. The van der Waals surface area contributed by atoms with Crippen molar-refractivity contribution in [3.05, 3.63) is 0 Å². The molecule has 0 aromatic rings. The summed E-state index contributed by atoms with van der Waals surface area (Å²) in [5.41, 5.74) is 0. The highest BCUT2D eigenvalue weighted by Gasteiger charge is 2.07. The Morgan fingerprint density at radius 2 is 1.82 bits per heavy atom. The number of alkyl halides is 2. The molecular formula is C7H16Cl3N. The molecule has 11 heavy (non-hydrogen) atoms. The van der Waals surface area contributed by atoms with Gasteiger partial charge in [-0.3, -0.25) is 0 Å². The first kappa shape index (κ1) is 14.4. The molecule has 0 aliphatic carbocycles. The van der Waals surface area contributed by atoms with E-state index in [1.807, 2.05) is 14.1 Å². The van der Waals surface area contributed by atoms with Gasteiger partial charge in [-0.2, -0.15) is 0 Å².